The van der Waals surface area contributed by atoms with Crippen LogP contribution in [0.3, 0.4) is 0 Å². The van der Waals surface area contributed by atoms with Crippen LogP contribution in [0.1, 0.15) is 286 Å². The molecule has 61 heavy (non-hydrogen) atoms. The van der Waals surface area contributed by atoms with Crippen molar-refractivity contribution in [2.75, 3.05) is 13.2 Å². The van der Waals surface area contributed by atoms with Crippen LogP contribution in [0.25, 0.3) is 0 Å². The number of hydrogen-bond donors (Lipinski definition) is 2. The van der Waals surface area contributed by atoms with E-state index in [1.165, 1.54) is 128 Å². The lowest BCUT2D eigenvalue weighted by Gasteiger charge is -2.21. The third kappa shape index (κ3) is 44.7. The Morgan fingerprint density at radius 1 is 0.492 bits per heavy atom. The maximum absolute atomic E-state index is 12.7. The molecule has 0 rings (SSSR count). The van der Waals surface area contributed by atoms with Gasteiger partial charge in [0.2, 0.25) is 0 Å². The average molecular weight is 866 g/mol. The zero-order chi connectivity index (χ0) is 45.1. The summed E-state index contributed by atoms with van der Waals surface area (Å²) in [4.78, 5) is 36.9. The van der Waals surface area contributed by atoms with Crippen LogP contribution in [0, 0.1) is 0 Å². The predicted octanol–water partition coefficient (Wildman–Crippen LogP) is 15.6. The van der Waals surface area contributed by atoms with Crippen LogP contribution in [0.15, 0.2) is 0 Å². The van der Waals surface area contributed by atoms with E-state index in [9.17, 15) is 19.5 Å². The Balaban J connectivity index is 4.24. The minimum absolute atomic E-state index is 0.0115. The van der Waals surface area contributed by atoms with Gasteiger partial charge in [-0.1, -0.05) is 162 Å². The van der Waals surface area contributed by atoms with Crippen molar-refractivity contribution in [3.8, 4) is 0 Å². The van der Waals surface area contributed by atoms with Crippen molar-refractivity contribution >= 4 is 17.8 Å². The molecule has 0 aliphatic heterocycles. The third-order valence-corrected chi connectivity index (χ3v) is 11.9. The standard InChI is InChI=1S/C53H103NO7/c1-7-10-13-15-24-29-40-49(41-30-25-16-14-11-8-2)60-51(57)43-31-26-22-20-18-17-19-21-23-27-36-45-59-50(42-33-32-38-47(55)37-28-12-9-3)46-48(56)39-34-35-44-54-52(58)61-53(4,5)6/h48-50,56H,7-46H2,1-6H3,(H,54,58). The Bertz CT molecular complexity index is 966. The summed E-state index contributed by atoms with van der Waals surface area (Å²) in [6.07, 6.45) is 40.7. The number of ether oxygens (including phenoxy) is 3. The lowest BCUT2D eigenvalue weighted by Crippen LogP contribution is -2.33. The first-order chi connectivity index (χ1) is 29.5. The number of carbonyl (C=O) groups is 3. The van der Waals surface area contributed by atoms with E-state index in [1.54, 1.807) is 0 Å². The number of rotatable bonds is 46. The van der Waals surface area contributed by atoms with Crippen LogP contribution in [-0.4, -0.2) is 60.0 Å². The number of Topliss-reactive ketones (excluding diaryl/α,β-unsaturated/α-hetero) is 1. The Labute approximate surface area is 378 Å². The monoisotopic (exact) mass is 866 g/mol. The number of hydrogen-bond acceptors (Lipinski definition) is 7. The highest BCUT2D eigenvalue weighted by atomic mass is 16.6. The van der Waals surface area contributed by atoms with Crippen molar-refractivity contribution in [3.05, 3.63) is 0 Å². The summed E-state index contributed by atoms with van der Waals surface area (Å²) in [7, 11) is 0. The first-order valence-electron chi connectivity index (χ1n) is 26.5. The molecule has 362 valence electrons. The second-order valence-corrected chi connectivity index (χ2v) is 19.4. The van der Waals surface area contributed by atoms with Crippen LogP contribution in [0.5, 0.6) is 0 Å². The van der Waals surface area contributed by atoms with Crippen molar-refractivity contribution in [2.45, 2.75) is 309 Å². The van der Waals surface area contributed by atoms with E-state index < -0.39 is 17.8 Å². The normalized spacial score (nSPS) is 12.8. The lowest BCUT2D eigenvalue weighted by molar-refractivity contribution is -0.150. The average Bonchev–Trinajstić information content (AvgIpc) is 3.21. The molecule has 2 N–H and O–H groups in total. The van der Waals surface area contributed by atoms with Gasteiger partial charge in [0.05, 0.1) is 12.2 Å². The molecule has 0 aromatic heterocycles. The molecule has 0 aliphatic rings. The van der Waals surface area contributed by atoms with Gasteiger partial charge in [-0.05, 0) is 104 Å². The molecule has 0 heterocycles. The number of ketones is 1. The van der Waals surface area contributed by atoms with Crippen LogP contribution >= 0.6 is 0 Å². The van der Waals surface area contributed by atoms with Gasteiger partial charge < -0.3 is 24.6 Å². The molecular weight excluding hydrogens is 763 g/mol. The highest BCUT2D eigenvalue weighted by molar-refractivity contribution is 5.78. The van der Waals surface area contributed by atoms with Gasteiger partial charge in [0.15, 0.2) is 0 Å². The number of aliphatic hydroxyl groups is 1. The molecule has 0 aliphatic carbocycles. The van der Waals surface area contributed by atoms with Crippen molar-refractivity contribution in [3.63, 3.8) is 0 Å². The maximum atomic E-state index is 12.7. The van der Waals surface area contributed by atoms with E-state index in [4.69, 9.17) is 14.2 Å². The summed E-state index contributed by atoms with van der Waals surface area (Å²) in [5, 5.41) is 13.6. The fraction of sp³-hybridized carbons (Fsp3) is 0.943. The van der Waals surface area contributed by atoms with E-state index in [0.29, 0.717) is 44.4 Å². The van der Waals surface area contributed by atoms with Crippen LogP contribution in [0.4, 0.5) is 4.79 Å². The number of esters is 1. The molecule has 0 aromatic carbocycles. The predicted molar refractivity (Wildman–Crippen MR) is 257 cm³/mol. The molecule has 0 saturated heterocycles. The fourth-order valence-corrected chi connectivity index (χ4v) is 8.12. The third-order valence-electron chi connectivity index (χ3n) is 11.9. The van der Waals surface area contributed by atoms with Gasteiger partial charge in [0.25, 0.3) is 0 Å². The number of aliphatic hydroxyl groups excluding tert-OH is 1. The van der Waals surface area contributed by atoms with Crippen LogP contribution < -0.4 is 5.32 Å². The molecule has 1 amide bonds. The largest absolute Gasteiger partial charge is 0.462 e. The Morgan fingerprint density at radius 3 is 1.44 bits per heavy atom. The van der Waals surface area contributed by atoms with E-state index in [0.717, 1.165) is 90.1 Å². The summed E-state index contributed by atoms with van der Waals surface area (Å²) in [6.45, 7) is 13.5. The summed E-state index contributed by atoms with van der Waals surface area (Å²) in [5.74, 6) is 0.403. The molecule has 0 saturated carbocycles. The van der Waals surface area contributed by atoms with Crippen molar-refractivity contribution < 1.29 is 33.7 Å². The number of alkyl carbamates (subject to hydrolysis) is 1. The van der Waals surface area contributed by atoms with E-state index >= 15 is 0 Å². The SMILES string of the molecule is CCCCCCCCC(CCCCCCCC)OC(=O)CCCCCCCCCCCCCOC(CCCCC(=O)CCCCC)CC(O)CCCCNC(=O)OC(C)(C)C. The topological polar surface area (TPSA) is 111 Å². The van der Waals surface area contributed by atoms with Gasteiger partial charge in [0, 0.05) is 32.4 Å². The minimum atomic E-state index is -0.510. The number of nitrogens with one attached hydrogen (secondary N) is 1. The second kappa shape index (κ2) is 43.6. The fourth-order valence-electron chi connectivity index (χ4n) is 8.12. The number of unbranched alkanes of at least 4 members (excludes halogenated alkanes) is 24. The summed E-state index contributed by atoms with van der Waals surface area (Å²) < 4.78 is 17.7. The summed E-state index contributed by atoms with van der Waals surface area (Å²) >= 11 is 0. The Morgan fingerprint density at radius 2 is 0.902 bits per heavy atom. The van der Waals surface area contributed by atoms with Gasteiger partial charge in [-0.25, -0.2) is 4.79 Å². The quantitative estimate of drug-likeness (QED) is 0.0463. The Kier molecular flexibility index (Phi) is 42.4. The van der Waals surface area contributed by atoms with E-state index in [2.05, 4.69) is 26.1 Å². The first-order valence-corrected chi connectivity index (χ1v) is 26.5. The number of carbonyl (C=O) groups excluding carboxylic acids is 3. The Hall–Kier alpha value is -1.67. The zero-order valence-electron chi connectivity index (χ0n) is 41.4. The molecule has 8 heteroatoms. The van der Waals surface area contributed by atoms with Gasteiger partial charge in [-0.2, -0.15) is 0 Å². The first kappa shape index (κ1) is 59.3. The molecule has 0 bridgehead atoms. The van der Waals surface area contributed by atoms with E-state index in [1.807, 2.05) is 20.8 Å². The van der Waals surface area contributed by atoms with E-state index in [-0.39, 0.29) is 18.2 Å². The molecule has 0 spiro atoms. The lowest BCUT2D eigenvalue weighted by atomic mass is 10.00. The van der Waals surface area contributed by atoms with Gasteiger partial charge in [-0.15, -0.1) is 0 Å². The molecule has 0 fully saturated rings. The molecule has 2 atom stereocenters. The molecule has 0 aromatic rings. The van der Waals surface area contributed by atoms with Gasteiger partial charge in [-0.3, -0.25) is 9.59 Å². The number of amides is 1. The maximum Gasteiger partial charge on any atom is 0.407 e. The van der Waals surface area contributed by atoms with Gasteiger partial charge in [0.1, 0.15) is 17.5 Å². The van der Waals surface area contributed by atoms with Crippen molar-refractivity contribution in [1.82, 2.24) is 5.32 Å². The molecule has 2 unspecified atom stereocenters. The molecular formula is C53H103NO7. The van der Waals surface area contributed by atoms with Crippen LogP contribution in [-0.2, 0) is 23.8 Å². The highest BCUT2D eigenvalue weighted by Crippen LogP contribution is 2.20. The molecule has 0 radical (unpaired) electrons. The second-order valence-electron chi connectivity index (χ2n) is 19.4. The minimum Gasteiger partial charge on any atom is -0.462 e. The van der Waals surface area contributed by atoms with Crippen molar-refractivity contribution in [2.24, 2.45) is 0 Å². The zero-order valence-corrected chi connectivity index (χ0v) is 41.4. The highest BCUT2D eigenvalue weighted by Gasteiger charge is 2.18. The van der Waals surface area contributed by atoms with Gasteiger partial charge >= 0.3 is 12.1 Å². The smallest absolute Gasteiger partial charge is 0.407 e. The summed E-state index contributed by atoms with van der Waals surface area (Å²) in [6, 6.07) is 0. The molecule has 8 nitrogen and oxygen atoms in total. The summed E-state index contributed by atoms with van der Waals surface area (Å²) in [5.41, 5.74) is -0.510. The van der Waals surface area contributed by atoms with Crippen LogP contribution in [0.2, 0.25) is 0 Å². The van der Waals surface area contributed by atoms with Crippen molar-refractivity contribution in [1.29, 1.82) is 0 Å².